The fraction of sp³-hybridized carbons (Fsp3) is 0.214. The highest BCUT2D eigenvalue weighted by atomic mass is 19.1. The second kappa shape index (κ2) is 4.70. The molecule has 1 aliphatic rings. The zero-order valence-corrected chi connectivity index (χ0v) is 10.8. The predicted molar refractivity (Wildman–Crippen MR) is 78.5 cm³/mol. The van der Waals surface area contributed by atoms with E-state index in [0.717, 1.165) is 18.5 Å². The summed E-state index contributed by atoms with van der Waals surface area (Å²) in [5.74, 6) is -0.481. The van der Waals surface area contributed by atoms with E-state index in [1.165, 1.54) is 18.2 Å². The van der Waals surface area contributed by atoms with Crippen molar-refractivity contribution in [3.63, 3.8) is 0 Å². The Morgan fingerprint density at radius 3 is 2.85 bits per heavy atom. The van der Waals surface area contributed by atoms with Crippen molar-refractivity contribution >= 4 is 30.4 Å². The Morgan fingerprint density at radius 2 is 2.10 bits per heavy atom. The zero-order valence-electron chi connectivity index (χ0n) is 10.8. The summed E-state index contributed by atoms with van der Waals surface area (Å²) in [5.41, 5.74) is 8.28. The van der Waals surface area contributed by atoms with Gasteiger partial charge in [-0.2, -0.15) is 0 Å². The van der Waals surface area contributed by atoms with Crippen LogP contribution in [0.4, 0.5) is 21.5 Å². The van der Waals surface area contributed by atoms with Crippen LogP contribution in [0.2, 0.25) is 0 Å². The molecule has 3 rings (SSSR count). The number of aromatic nitrogens is 1. The molecule has 0 atom stereocenters. The summed E-state index contributed by atoms with van der Waals surface area (Å²) in [6.07, 6.45) is 1.67. The minimum Gasteiger partial charge on any atom is -0.396 e. The number of nitrogens with one attached hydrogen (secondary N) is 1. The lowest BCUT2D eigenvalue weighted by Crippen LogP contribution is -2.21. The van der Waals surface area contributed by atoms with Gasteiger partial charge in [0.25, 0.3) is 5.56 Å². The van der Waals surface area contributed by atoms with Crippen molar-refractivity contribution in [2.75, 3.05) is 11.1 Å². The molecule has 0 fully saturated rings. The van der Waals surface area contributed by atoms with Gasteiger partial charge in [-0.25, -0.2) is 4.39 Å². The lowest BCUT2D eigenvalue weighted by Gasteiger charge is -2.14. The van der Waals surface area contributed by atoms with Crippen LogP contribution in [0.5, 0.6) is 0 Å². The van der Waals surface area contributed by atoms with E-state index < -0.39 is 5.82 Å². The fourth-order valence-electron chi connectivity index (χ4n) is 2.51. The largest absolute Gasteiger partial charge is 0.396 e. The summed E-state index contributed by atoms with van der Waals surface area (Å²) in [5, 5.41) is 2.87. The molecular formula is C14H13BFN3O. The van der Waals surface area contributed by atoms with Gasteiger partial charge in [0.2, 0.25) is 0 Å². The van der Waals surface area contributed by atoms with Gasteiger partial charge in [-0.1, -0.05) is 11.5 Å². The van der Waals surface area contributed by atoms with Crippen molar-refractivity contribution in [2.24, 2.45) is 0 Å². The second-order valence-electron chi connectivity index (χ2n) is 4.88. The third-order valence-electron chi connectivity index (χ3n) is 3.52. The Hall–Kier alpha value is -2.24. The maximum Gasteiger partial charge on any atom is 0.252 e. The first-order chi connectivity index (χ1) is 9.56. The van der Waals surface area contributed by atoms with Crippen LogP contribution in [-0.2, 0) is 13.0 Å². The number of nitrogens with two attached hydrogens (primary N) is 1. The van der Waals surface area contributed by atoms with Gasteiger partial charge in [-0.05, 0) is 25.0 Å². The number of benzene rings is 1. The maximum atomic E-state index is 13.8. The molecule has 4 nitrogen and oxygen atoms in total. The molecule has 0 spiro atoms. The SMILES string of the molecule is [B]c1ccc(Nc2cc(=O)n3c(c2N)CCC3)c(F)c1. The van der Waals surface area contributed by atoms with Crippen LogP contribution in [0.1, 0.15) is 12.1 Å². The zero-order chi connectivity index (χ0) is 14.3. The molecule has 0 aliphatic carbocycles. The van der Waals surface area contributed by atoms with E-state index >= 15 is 0 Å². The highest BCUT2D eigenvalue weighted by Crippen LogP contribution is 2.28. The van der Waals surface area contributed by atoms with Gasteiger partial charge in [0.05, 0.1) is 17.1 Å². The number of rotatable bonds is 2. The highest BCUT2D eigenvalue weighted by molar-refractivity contribution is 6.32. The minimum atomic E-state index is -0.481. The van der Waals surface area contributed by atoms with Gasteiger partial charge in [0.15, 0.2) is 0 Å². The average Bonchev–Trinajstić information content (AvgIpc) is 2.88. The van der Waals surface area contributed by atoms with Gasteiger partial charge in [0, 0.05) is 18.3 Å². The molecule has 3 N–H and O–H groups in total. The van der Waals surface area contributed by atoms with Crippen molar-refractivity contribution in [3.05, 3.63) is 46.1 Å². The maximum absolute atomic E-state index is 13.8. The van der Waals surface area contributed by atoms with Crippen LogP contribution in [0.3, 0.4) is 0 Å². The molecule has 1 aliphatic heterocycles. The lowest BCUT2D eigenvalue weighted by molar-refractivity contribution is 0.633. The average molecular weight is 269 g/mol. The normalized spacial score (nSPS) is 13.2. The third-order valence-corrected chi connectivity index (χ3v) is 3.52. The van der Waals surface area contributed by atoms with Crippen molar-refractivity contribution in [2.45, 2.75) is 19.4 Å². The Balaban J connectivity index is 2.03. The van der Waals surface area contributed by atoms with E-state index in [1.54, 1.807) is 10.6 Å². The number of halogens is 1. The molecule has 6 heteroatoms. The molecule has 1 aromatic carbocycles. The Kier molecular flexibility index (Phi) is 3.01. The topological polar surface area (TPSA) is 60.0 Å². The number of nitrogens with zero attached hydrogens (tertiary/aromatic N) is 1. The summed E-state index contributed by atoms with van der Waals surface area (Å²) >= 11 is 0. The van der Waals surface area contributed by atoms with Gasteiger partial charge < -0.3 is 15.6 Å². The van der Waals surface area contributed by atoms with Gasteiger partial charge in [0.1, 0.15) is 13.7 Å². The molecule has 0 unspecified atom stereocenters. The summed E-state index contributed by atoms with van der Waals surface area (Å²) < 4.78 is 15.4. The monoisotopic (exact) mass is 269 g/mol. The highest BCUT2D eigenvalue weighted by Gasteiger charge is 2.18. The first-order valence-corrected chi connectivity index (χ1v) is 6.40. The van der Waals surface area contributed by atoms with Crippen molar-refractivity contribution in [1.82, 2.24) is 4.57 Å². The molecule has 2 radical (unpaired) electrons. The van der Waals surface area contributed by atoms with Gasteiger partial charge in [-0.15, -0.1) is 0 Å². The van der Waals surface area contributed by atoms with E-state index in [4.69, 9.17) is 13.6 Å². The molecule has 1 aromatic heterocycles. The first kappa shape index (κ1) is 12.8. The fourth-order valence-corrected chi connectivity index (χ4v) is 2.51. The predicted octanol–water partition coefficient (Wildman–Crippen LogP) is 1.05. The minimum absolute atomic E-state index is 0.120. The molecule has 0 saturated heterocycles. The number of fused-ring (bicyclic) bond motifs is 1. The molecule has 0 saturated carbocycles. The van der Waals surface area contributed by atoms with Crippen molar-refractivity contribution in [1.29, 1.82) is 0 Å². The van der Waals surface area contributed by atoms with E-state index in [1.807, 2.05) is 0 Å². The Bertz CT molecular complexity index is 742. The second-order valence-corrected chi connectivity index (χ2v) is 4.88. The summed E-state index contributed by atoms with van der Waals surface area (Å²) in [6.45, 7) is 0.689. The number of anilines is 3. The van der Waals surface area contributed by atoms with Gasteiger partial charge >= 0.3 is 0 Å². The number of hydrogen-bond donors (Lipinski definition) is 2. The number of hydrogen-bond acceptors (Lipinski definition) is 3. The molecule has 20 heavy (non-hydrogen) atoms. The van der Waals surface area contributed by atoms with E-state index in [2.05, 4.69) is 5.32 Å². The molecule has 0 bridgehead atoms. The van der Waals surface area contributed by atoms with Crippen LogP contribution in [-0.4, -0.2) is 12.4 Å². The number of pyridine rings is 1. The summed E-state index contributed by atoms with van der Waals surface area (Å²) in [7, 11) is 5.50. The summed E-state index contributed by atoms with van der Waals surface area (Å²) in [6, 6.07) is 5.73. The quantitative estimate of drug-likeness (QED) is 0.801. The molecule has 0 amide bonds. The van der Waals surface area contributed by atoms with E-state index in [9.17, 15) is 9.18 Å². The van der Waals surface area contributed by atoms with E-state index in [0.29, 0.717) is 23.4 Å². The molecular weight excluding hydrogens is 256 g/mol. The first-order valence-electron chi connectivity index (χ1n) is 6.40. The molecule has 2 heterocycles. The van der Waals surface area contributed by atoms with Crippen LogP contribution >= 0.6 is 0 Å². The lowest BCUT2D eigenvalue weighted by atomic mass is 9.96. The third kappa shape index (κ3) is 2.07. The van der Waals surface area contributed by atoms with Crippen molar-refractivity contribution < 1.29 is 4.39 Å². The molecule has 100 valence electrons. The van der Waals surface area contributed by atoms with Crippen LogP contribution in [0.25, 0.3) is 0 Å². The Labute approximate surface area is 116 Å². The van der Waals surface area contributed by atoms with Crippen LogP contribution in [0, 0.1) is 5.82 Å². The Morgan fingerprint density at radius 1 is 1.30 bits per heavy atom. The smallest absolute Gasteiger partial charge is 0.252 e. The standard InChI is InChI=1S/C14H13BFN3O/c15-8-3-4-10(9(16)6-8)18-11-7-13(20)19-5-1-2-12(19)14(11)17/h3-4,6-7,18H,1-2,5,17H2. The van der Waals surface area contributed by atoms with Crippen LogP contribution in [0.15, 0.2) is 29.1 Å². The van der Waals surface area contributed by atoms with Gasteiger partial charge in [-0.3, -0.25) is 4.79 Å². The molecule has 2 aromatic rings. The number of nitrogen functional groups attached to an aromatic ring is 1. The van der Waals surface area contributed by atoms with Crippen LogP contribution < -0.4 is 22.1 Å². The summed E-state index contributed by atoms with van der Waals surface area (Å²) in [4.78, 5) is 12.0. The van der Waals surface area contributed by atoms with E-state index in [-0.39, 0.29) is 11.2 Å². The van der Waals surface area contributed by atoms with Crippen molar-refractivity contribution in [3.8, 4) is 0 Å².